The summed E-state index contributed by atoms with van der Waals surface area (Å²) in [7, 11) is 0. The number of ether oxygens (including phenoxy) is 1. The molecule has 5 heteroatoms. The molecule has 0 N–H and O–H groups in total. The standard InChI is InChI=1S/C15H12Br2F2O/c16-9-11-8-13(17)6-7-14(11)20-10-15(18,19)12-4-2-1-3-5-12/h1-8H,9-10H2. The Balaban J connectivity index is 2.12. The smallest absolute Gasteiger partial charge is 0.306 e. The summed E-state index contributed by atoms with van der Waals surface area (Å²) < 4.78 is 34.2. The summed E-state index contributed by atoms with van der Waals surface area (Å²) >= 11 is 6.66. The summed E-state index contributed by atoms with van der Waals surface area (Å²) in [4.78, 5) is 0. The van der Waals surface area contributed by atoms with Crippen molar-refractivity contribution in [3.63, 3.8) is 0 Å². The fourth-order valence-corrected chi connectivity index (χ4v) is 2.57. The largest absolute Gasteiger partial charge is 0.487 e. The summed E-state index contributed by atoms with van der Waals surface area (Å²) in [6, 6.07) is 13.0. The molecule has 1 nitrogen and oxygen atoms in total. The van der Waals surface area contributed by atoms with E-state index in [1.54, 1.807) is 30.3 Å². The van der Waals surface area contributed by atoms with Crippen molar-refractivity contribution >= 4 is 31.9 Å². The molecule has 0 aliphatic rings. The molecular weight excluding hydrogens is 394 g/mol. The van der Waals surface area contributed by atoms with Crippen molar-refractivity contribution in [1.29, 1.82) is 0 Å². The molecule has 0 saturated heterocycles. The van der Waals surface area contributed by atoms with Crippen LogP contribution in [-0.4, -0.2) is 6.61 Å². The molecule has 0 atom stereocenters. The van der Waals surface area contributed by atoms with Crippen molar-refractivity contribution in [2.24, 2.45) is 0 Å². The van der Waals surface area contributed by atoms with Crippen LogP contribution in [0.2, 0.25) is 0 Å². The first kappa shape index (κ1) is 15.4. The van der Waals surface area contributed by atoms with Crippen molar-refractivity contribution < 1.29 is 13.5 Å². The lowest BCUT2D eigenvalue weighted by atomic mass is 10.1. The van der Waals surface area contributed by atoms with E-state index in [2.05, 4.69) is 31.9 Å². The molecule has 2 aromatic rings. The first-order chi connectivity index (χ1) is 9.53. The maximum atomic E-state index is 14.0. The zero-order valence-electron chi connectivity index (χ0n) is 10.5. The second-order valence-corrected chi connectivity index (χ2v) is 5.72. The first-order valence-corrected chi connectivity index (χ1v) is 7.85. The van der Waals surface area contributed by atoms with Crippen LogP contribution >= 0.6 is 31.9 Å². The van der Waals surface area contributed by atoms with Crippen molar-refractivity contribution in [2.45, 2.75) is 11.3 Å². The van der Waals surface area contributed by atoms with Crippen LogP contribution in [0, 0.1) is 0 Å². The lowest BCUT2D eigenvalue weighted by Crippen LogP contribution is -2.23. The van der Waals surface area contributed by atoms with E-state index in [0.717, 1.165) is 10.0 Å². The van der Waals surface area contributed by atoms with Gasteiger partial charge in [0, 0.05) is 20.9 Å². The van der Waals surface area contributed by atoms with E-state index in [9.17, 15) is 8.78 Å². The highest BCUT2D eigenvalue weighted by Crippen LogP contribution is 2.31. The molecule has 0 aliphatic heterocycles. The molecule has 2 rings (SSSR count). The first-order valence-electron chi connectivity index (χ1n) is 5.93. The average Bonchev–Trinajstić information content (AvgIpc) is 2.46. The van der Waals surface area contributed by atoms with Gasteiger partial charge in [0.15, 0.2) is 6.61 Å². The predicted molar refractivity (Wildman–Crippen MR) is 82.6 cm³/mol. The molecule has 20 heavy (non-hydrogen) atoms. The molecule has 0 heterocycles. The minimum Gasteiger partial charge on any atom is -0.487 e. The Bertz CT molecular complexity index is 573. The van der Waals surface area contributed by atoms with Gasteiger partial charge in [-0.15, -0.1) is 0 Å². The van der Waals surface area contributed by atoms with Crippen LogP contribution in [-0.2, 0) is 11.3 Å². The van der Waals surface area contributed by atoms with Gasteiger partial charge in [-0.1, -0.05) is 62.2 Å². The fourth-order valence-electron chi connectivity index (χ4n) is 1.73. The van der Waals surface area contributed by atoms with Crippen LogP contribution in [0.5, 0.6) is 5.75 Å². The summed E-state index contributed by atoms with van der Waals surface area (Å²) in [5, 5.41) is 0.540. The molecule has 0 amide bonds. The van der Waals surface area contributed by atoms with Crippen LogP contribution < -0.4 is 4.74 Å². The summed E-state index contributed by atoms with van der Waals surface area (Å²) in [5.74, 6) is -2.56. The third-order valence-electron chi connectivity index (χ3n) is 2.77. The van der Waals surface area contributed by atoms with Gasteiger partial charge in [0.2, 0.25) is 0 Å². The molecule has 0 unspecified atom stereocenters. The van der Waals surface area contributed by atoms with E-state index < -0.39 is 12.5 Å². The van der Waals surface area contributed by atoms with E-state index in [4.69, 9.17) is 4.74 Å². The second-order valence-electron chi connectivity index (χ2n) is 4.24. The zero-order valence-corrected chi connectivity index (χ0v) is 13.6. The minimum atomic E-state index is -3.02. The van der Waals surface area contributed by atoms with Crippen LogP contribution in [0.3, 0.4) is 0 Å². The van der Waals surface area contributed by atoms with E-state index in [0.29, 0.717) is 11.1 Å². The summed E-state index contributed by atoms with van der Waals surface area (Å²) in [5.41, 5.74) is 0.778. The Morgan fingerprint density at radius 1 is 1.05 bits per heavy atom. The number of hydrogen-bond donors (Lipinski definition) is 0. The molecule has 0 radical (unpaired) electrons. The quantitative estimate of drug-likeness (QED) is 0.595. The highest BCUT2D eigenvalue weighted by Gasteiger charge is 2.32. The van der Waals surface area contributed by atoms with Gasteiger partial charge in [-0.25, -0.2) is 0 Å². The van der Waals surface area contributed by atoms with Crippen LogP contribution in [0.1, 0.15) is 11.1 Å². The van der Waals surface area contributed by atoms with Gasteiger partial charge in [-0.2, -0.15) is 8.78 Å². The molecule has 0 fully saturated rings. The van der Waals surface area contributed by atoms with E-state index in [-0.39, 0.29) is 5.56 Å². The van der Waals surface area contributed by atoms with Crippen molar-refractivity contribution in [1.82, 2.24) is 0 Å². The lowest BCUT2D eigenvalue weighted by Gasteiger charge is -2.18. The number of alkyl halides is 3. The van der Waals surface area contributed by atoms with Crippen LogP contribution in [0.15, 0.2) is 53.0 Å². The van der Waals surface area contributed by atoms with Crippen LogP contribution in [0.25, 0.3) is 0 Å². The van der Waals surface area contributed by atoms with Crippen LogP contribution in [0.4, 0.5) is 8.78 Å². The van der Waals surface area contributed by atoms with Crippen molar-refractivity contribution in [3.8, 4) is 5.75 Å². The molecule has 2 aromatic carbocycles. The maximum absolute atomic E-state index is 14.0. The van der Waals surface area contributed by atoms with Gasteiger partial charge < -0.3 is 4.74 Å². The SMILES string of the molecule is FC(F)(COc1ccc(Br)cc1CBr)c1ccccc1. The molecule has 0 aromatic heterocycles. The fraction of sp³-hybridized carbons (Fsp3) is 0.200. The monoisotopic (exact) mass is 404 g/mol. The molecule has 0 bridgehead atoms. The highest BCUT2D eigenvalue weighted by atomic mass is 79.9. The third kappa shape index (κ3) is 3.79. The minimum absolute atomic E-state index is 0.0440. The van der Waals surface area contributed by atoms with E-state index in [1.807, 2.05) is 6.07 Å². The number of hydrogen-bond acceptors (Lipinski definition) is 1. The summed E-state index contributed by atoms with van der Waals surface area (Å²) in [6.45, 7) is -0.682. The topological polar surface area (TPSA) is 9.23 Å². The predicted octanol–water partition coefficient (Wildman–Crippen LogP) is 5.51. The van der Waals surface area contributed by atoms with Gasteiger partial charge in [-0.05, 0) is 18.2 Å². The zero-order chi connectivity index (χ0) is 14.6. The molecular formula is C15H12Br2F2O. The number of benzene rings is 2. The van der Waals surface area contributed by atoms with Gasteiger partial charge in [0.1, 0.15) is 5.75 Å². The van der Waals surface area contributed by atoms with E-state index >= 15 is 0 Å². The Morgan fingerprint density at radius 2 is 1.75 bits per heavy atom. The number of rotatable bonds is 5. The Labute approximate surface area is 133 Å². The molecule has 106 valence electrons. The van der Waals surface area contributed by atoms with Crippen molar-refractivity contribution in [3.05, 3.63) is 64.1 Å². The van der Waals surface area contributed by atoms with Crippen molar-refractivity contribution in [2.75, 3.05) is 6.61 Å². The summed E-state index contributed by atoms with van der Waals surface area (Å²) in [6.07, 6.45) is 0. The van der Waals surface area contributed by atoms with Gasteiger partial charge in [0.25, 0.3) is 0 Å². The normalized spacial score (nSPS) is 11.4. The average molecular weight is 406 g/mol. The molecule has 0 aliphatic carbocycles. The van der Waals surface area contributed by atoms with Gasteiger partial charge in [0.05, 0.1) is 0 Å². The van der Waals surface area contributed by atoms with Gasteiger partial charge in [-0.3, -0.25) is 0 Å². The molecule has 0 saturated carbocycles. The second kappa shape index (κ2) is 6.68. The molecule has 0 spiro atoms. The highest BCUT2D eigenvalue weighted by molar-refractivity contribution is 9.10. The van der Waals surface area contributed by atoms with E-state index in [1.165, 1.54) is 12.1 Å². The Kier molecular flexibility index (Phi) is 5.16. The number of halogens is 4. The van der Waals surface area contributed by atoms with Gasteiger partial charge >= 0.3 is 5.92 Å². The Hall–Kier alpha value is -0.940. The maximum Gasteiger partial charge on any atom is 0.306 e. The lowest BCUT2D eigenvalue weighted by molar-refractivity contribution is -0.0468. The third-order valence-corrected chi connectivity index (χ3v) is 3.87. The Morgan fingerprint density at radius 3 is 2.40 bits per heavy atom.